The van der Waals surface area contributed by atoms with Crippen molar-refractivity contribution in [3.05, 3.63) is 149 Å². The molecule has 0 radical (unpaired) electrons. The van der Waals surface area contributed by atoms with Gasteiger partial charge < -0.3 is 19.3 Å². The molecule has 1 N–H and O–H groups in total. The fraction of sp³-hybridized carbons (Fsp3) is 0.268. The zero-order valence-corrected chi connectivity index (χ0v) is 26.3. The predicted molar refractivity (Wildman–Crippen MR) is 181 cm³/mol. The molecule has 0 bridgehead atoms. The molecule has 5 aromatic carbocycles. The van der Waals surface area contributed by atoms with Gasteiger partial charge in [-0.2, -0.15) is 0 Å². The van der Waals surface area contributed by atoms with Crippen LogP contribution in [0.4, 0.5) is 0 Å². The fourth-order valence-corrected chi connectivity index (χ4v) is 6.51. The number of benzene rings is 5. The van der Waals surface area contributed by atoms with Crippen LogP contribution in [0.3, 0.4) is 0 Å². The minimum Gasteiger partial charge on any atom is -0.494 e. The summed E-state index contributed by atoms with van der Waals surface area (Å²) >= 11 is 0. The SMILES string of the molecule is CCCCCCOc1ccc(C2(c3ccc(OCCOc4ccc(CO)cc4)cc3)c3ccccc3-c3ccc(C)cc32)cc1. The fourth-order valence-electron chi connectivity index (χ4n) is 6.51. The van der Waals surface area contributed by atoms with Gasteiger partial charge in [-0.05, 0) is 88.7 Å². The van der Waals surface area contributed by atoms with Gasteiger partial charge in [-0.15, -0.1) is 0 Å². The molecule has 1 aliphatic rings. The molecule has 45 heavy (non-hydrogen) atoms. The Morgan fingerprint density at radius 1 is 0.556 bits per heavy atom. The molecule has 0 heterocycles. The highest BCUT2D eigenvalue weighted by molar-refractivity contribution is 5.86. The molecule has 1 aliphatic carbocycles. The molecule has 4 heteroatoms. The minimum absolute atomic E-state index is 0.0242. The summed E-state index contributed by atoms with van der Waals surface area (Å²) in [7, 11) is 0. The van der Waals surface area contributed by atoms with Gasteiger partial charge in [0, 0.05) is 0 Å². The summed E-state index contributed by atoms with van der Waals surface area (Å²) in [4.78, 5) is 0. The number of hydrogen-bond acceptors (Lipinski definition) is 4. The second kappa shape index (κ2) is 14.0. The van der Waals surface area contributed by atoms with E-state index < -0.39 is 5.41 Å². The summed E-state index contributed by atoms with van der Waals surface area (Å²) in [5.74, 6) is 2.47. The van der Waals surface area contributed by atoms with Gasteiger partial charge >= 0.3 is 0 Å². The molecule has 0 saturated carbocycles. The van der Waals surface area contributed by atoms with Gasteiger partial charge in [-0.1, -0.05) is 111 Å². The normalized spacial score (nSPS) is 14.9. The highest BCUT2D eigenvalue weighted by atomic mass is 16.5. The van der Waals surface area contributed by atoms with Gasteiger partial charge in [0.1, 0.15) is 30.5 Å². The third-order valence-corrected chi connectivity index (χ3v) is 8.77. The van der Waals surface area contributed by atoms with Gasteiger partial charge in [-0.25, -0.2) is 0 Å². The van der Waals surface area contributed by atoms with Crippen molar-refractivity contribution in [2.75, 3.05) is 19.8 Å². The quantitative estimate of drug-likeness (QED) is 0.127. The molecule has 0 fully saturated rings. The lowest BCUT2D eigenvalue weighted by atomic mass is 9.67. The first kappa shape index (κ1) is 30.5. The van der Waals surface area contributed by atoms with Crippen molar-refractivity contribution in [3.63, 3.8) is 0 Å². The van der Waals surface area contributed by atoms with Crippen LogP contribution in [0.15, 0.2) is 115 Å². The van der Waals surface area contributed by atoms with E-state index in [-0.39, 0.29) is 6.61 Å². The monoisotopic (exact) mass is 598 g/mol. The third kappa shape index (κ3) is 6.34. The molecule has 0 saturated heterocycles. The van der Waals surface area contributed by atoms with E-state index in [1.807, 2.05) is 24.3 Å². The van der Waals surface area contributed by atoms with Gasteiger partial charge in [0.15, 0.2) is 0 Å². The van der Waals surface area contributed by atoms with E-state index in [0.29, 0.717) is 13.2 Å². The Labute approximate surface area is 267 Å². The number of ether oxygens (including phenoxy) is 3. The number of aryl methyl sites for hydroxylation is 1. The zero-order valence-electron chi connectivity index (χ0n) is 26.3. The average molecular weight is 599 g/mol. The Kier molecular flexibility index (Phi) is 9.52. The van der Waals surface area contributed by atoms with E-state index in [4.69, 9.17) is 14.2 Å². The van der Waals surface area contributed by atoms with Crippen LogP contribution in [0.2, 0.25) is 0 Å². The highest BCUT2D eigenvalue weighted by Crippen LogP contribution is 2.56. The van der Waals surface area contributed by atoms with Crippen molar-refractivity contribution < 1.29 is 19.3 Å². The van der Waals surface area contributed by atoms with Crippen LogP contribution in [-0.4, -0.2) is 24.9 Å². The molecular weight excluding hydrogens is 556 g/mol. The van der Waals surface area contributed by atoms with E-state index in [9.17, 15) is 5.11 Å². The lowest BCUT2D eigenvalue weighted by Crippen LogP contribution is -2.28. The van der Waals surface area contributed by atoms with Crippen LogP contribution < -0.4 is 14.2 Å². The van der Waals surface area contributed by atoms with E-state index in [0.717, 1.165) is 35.8 Å². The van der Waals surface area contributed by atoms with Crippen molar-refractivity contribution in [2.24, 2.45) is 0 Å². The topological polar surface area (TPSA) is 47.9 Å². The Hall–Kier alpha value is -4.54. The summed E-state index contributed by atoms with van der Waals surface area (Å²) in [6.45, 7) is 6.03. The van der Waals surface area contributed by atoms with Crippen LogP contribution in [0.25, 0.3) is 11.1 Å². The first-order chi connectivity index (χ1) is 22.1. The van der Waals surface area contributed by atoms with Gasteiger partial charge in [0.05, 0.1) is 18.6 Å². The van der Waals surface area contributed by atoms with Gasteiger partial charge in [0.2, 0.25) is 0 Å². The van der Waals surface area contributed by atoms with Crippen LogP contribution in [0.5, 0.6) is 17.2 Å². The largest absolute Gasteiger partial charge is 0.494 e. The number of fused-ring (bicyclic) bond motifs is 3. The van der Waals surface area contributed by atoms with E-state index in [2.05, 4.69) is 105 Å². The number of unbranched alkanes of at least 4 members (excludes halogenated alkanes) is 3. The second-order valence-corrected chi connectivity index (χ2v) is 11.8. The van der Waals surface area contributed by atoms with Crippen molar-refractivity contribution in [3.8, 4) is 28.4 Å². The maximum absolute atomic E-state index is 9.24. The number of aliphatic hydroxyl groups is 1. The van der Waals surface area contributed by atoms with E-state index in [1.54, 1.807) is 0 Å². The van der Waals surface area contributed by atoms with Crippen molar-refractivity contribution in [1.29, 1.82) is 0 Å². The van der Waals surface area contributed by atoms with Crippen LogP contribution in [-0.2, 0) is 12.0 Å². The standard InChI is InChI=1S/C41H42O4/c1-3-4-5-8-25-43-35-20-14-32(15-21-35)41(39-10-7-6-9-37(39)38-24-11-30(2)28-40(38)41)33-16-22-36(23-17-33)45-27-26-44-34-18-12-31(29-42)13-19-34/h6-7,9-24,28,42H,3-5,8,25-27,29H2,1-2H3. The summed E-state index contributed by atoms with van der Waals surface area (Å²) in [6.07, 6.45) is 4.76. The third-order valence-electron chi connectivity index (χ3n) is 8.77. The first-order valence-corrected chi connectivity index (χ1v) is 16.1. The molecule has 0 amide bonds. The molecule has 1 unspecified atom stereocenters. The highest BCUT2D eigenvalue weighted by Gasteiger charge is 2.46. The average Bonchev–Trinajstić information content (AvgIpc) is 3.37. The maximum Gasteiger partial charge on any atom is 0.122 e. The van der Waals surface area contributed by atoms with E-state index in [1.165, 1.54) is 58.2 Å². The molecule has 1 atom stereocenters. The Morgan fingerprint density at radius 2 is 1.11 bits per heavy atom. The number of hydrogen-bond donors (Lipinski definition) is 1. The van der Waals surface area contributed by atoms with Crippen molar-refractivity contribution in [1.82, 2.24) is 0 Å². The molecule has 0 aromatic heterocycles. The van der Waals surface area contributed by atoms with Gasteiger partial charge in [0.25, 0.3) is 0 Å². The smallest absolute Gasteiger partial charge is 0.122 e. The van der Waals surface area contributed by atoms with Crippen LogP contribution in [0, 0.1) is 6.92 Å². The van der Waals surface area contributed by atoms with Gasteiger partial charge in [-0.3, -0.25) is 0 Å². The molecule has 0 spiro atoms. The summed E-state index contributed by atoms with van der Waals surface area (Å²) < 4.78 is 18.0. The number of aliphatic hydroxyl groups excluding tert-OH is 1. The Morgan fingerprint density at radius 3 is 1.71 bits per heavy atom. The van der Waals surface area contributed by atoms with Crippen molar-refractivity contribution in [2.45, 2.75) is 51.6 Å². The summed E-state index contributed by atoms with van der Waals surface area (Å²) in [6, 6.07) is 40.4. The lowest BCUT2D eigenvalue weighted by molar-refractivity contribution is 0.217. The molecule has 4 nitrogen and oxygen atoms in total. The Bertz CT molecular complexity index is 1690. The Balaban J connectivity index is 1.28. The second-order valence-electron chi connectivity index (χ2n) is 11.8. The minimum atomic E-state index is -0.472. The van der Waals surface area contributed by atoms with E-state index >= 15 is 0 Å². The molecule has 230 valence electrons. The molecule has 5 aromatic rings. The molecule has 6 rings (SSSR count). The lowest BCUT2D eigenvalue weighted by Gasteiger charge is -2.34. The predicted octanol–water partition coefficient (Wildman–Crippen LogP) is 9.27. The molecule has 0 aliphatic heterocycles. The van der Waals surface area contributed by atoms with Crippen molar-refractivity contribution >= 4 is 0 Å². The zero-order chi connectivity index (χ0) is 31.1. The first-order valence-electron chi connectivity index (χ1n) is 16.1. The van der Waals surface area contributed by atoms with Crippen LogP contribution in [0.1, 0.15) is 66.0 Å². The molecular formula is C41H42O4. The maximum atomic E-state index is 9.24. The summed E-state index contributed by atoms with van der Waals surface area (Å²) in [5.41, 5.74) is 9.17. The number of rotatable bonds is 14. The van der Waals surface area contributed by atoms with Crippen LogP contribution >= 0.6 is 0 Å². The summed E-state index contributed by atoms with van der Waals surface area (Å²) in [5, 5.41) is 9.24.